The van der Waals surface area contributed by atoms with Gasteiger partial charge < -0.3 is 4.74 Å². The smallest absolute Gasteiger partial charge is 0.311 e. The van der Waals surface area contributed by atoms with Crippen LogP contribution in [-0.4, -0.2) is 29.7 Å². The van der Waals surface area contributed by atoms with Crippen molar-refractivity contribution in [1.82, 2.24) is 9.78 Å². The zero-order chi connectivity index (χ0) is 16.3. The minimum Gasteiger partial charge on any atom is -0.487 e. The molecule has 0 atom stereocenters. The maximum absolute atomic E-state index is 12.2. The lowest BCUT2D eigenvalue weighted by Crippen LogP contribution is -2.16. The van der Waals surface area contributed by atoms with Crippen LogP contribution in [0.25, 0.3) is 0 Å². The number of nitrogens with one attached hydrogen (secondary N) is 1. The number of aromatic nitrogens is 2. The topological polar surface area (TPSA) is 116 Å². The van der Waals surface area contributed by atoms with Gasteiger partial charge in [0.25, 0.3) is 10.0 Å². The zero-order valence-electron chi connectivity index (χ0n) is 11.9. The van der Waals surface area contributed by atoms with Crippen molar-refractivity contribution in [2.45, 2.75) is 11.9 Å². The third-order valence-corrected chi connectivity index (χ3v) is 4.22. The first kappa shape index (κ1) is 15.8. The van der Waals surface area contributed by atoms with Crippen LogP contribution in [0.15, 0.2) is 35.5 Å². The summed E-state index contributed by atoms with van der Waals surface area (Å²) in [4.78, 5) is 10.3. The van der Waals surface area contributed by atoms with Crippen molar-refractivity contribution in [3.8, 4) is 5.75 Å². The summed E-state index contributed by atoms with van der Waals surface area (Å²) in [6.07, 6.45) is 1.36. The van der Waals surface area contributed by atoms with Gasteiger partial charge in [-0.05, 0) is 19.1 Å². The van der Waals surface area contributed by atoms with Crippen molar-refractivity contribution in [2.24, 2.45) is 7.05 Å². The molecule has 118 valence electrons. The normalized spacial score (nSPS) is 11.2. The predicted octanol–water partition coefficient (Wildman–Crippen LogP) is 1.53. The first-order valence-corrected chi connectivity index (χ1v) is 7.75. The summed E-state index contributed by atoms with van der Waals surface area (Å²) in [5, 5.41) is 14.7. The van der Waals surface area contributed by atoms with Gasteiger partial charge in [0.1, 0.15) is 0 Å². The molecule has 0 aliphatic rings. The number of benzene rings is 1. The van der Waals surface area contributed by atoms with Crippen molar-refractivity contribution < 1.29 is 18.1 Å². The second kappa shape index (κ2) is 6.02. The Hall–Kier alpha value is -2.62. The maximum atomic E-state index is 12.2. The summed E-state index contributed by atoms with van der Waals surface area (Å²) in [7, 11) is -2.34. The van der Waals surface area contributed by atoms with E-state index in [2.05, 4.69) is 9.82 Å². The lowest BCUT2D eigenvalue weighted by molar-refractivity contribution is -0.385. The maximum Gasteiger partial charge on any atom is 0.311 e. The fourth-order valence-electron chi connectivity index (χ4n) is 1.83. The van der Waals surface area contributed by atoms with Crippen molar-refractivity contribution >= 4 is 21.4 Å². The van der Waals surface area contributed by atoms with Gasteiger partial charge in [0.15, 0.2) is 10.8 Å². The Morgan fingerprint density at radius 1 is 1.41 bits per heavy atom. The van der Waals surface area contributed by atoms with Crippen LogP contribution in [0.3, 0.4) is 0 Å². The number of ether oxygens (including phenoxy) is 1. The van der Waals surface area contributed by atoms with Crippen molar-refractivity contribution in [3.05, 3.63) is 40.6 Å². The number of nitro groups is 1. The number of hydrogen-bond donors (Lipinski definition) is 1. The second-order valence-electron chi connectivity index (χ2n) is 4.27. The van der Waals surface area contributed by atoms with Gasteiger partial charge in [-0.15, -0.1) is 0 Å². The third-order valence-electron chi connectivity index (χ3n) is 2.76. The van der Waals surface area contributed by atoms with Crippen LogP contribution in [-0.2, 0) is 17.1 Å². The molecule has 0 radical (unpaired) electrons. The van der Waals surface area contributed by atoms with E-state index in [0.717, 1.165) is 0 Å². The van der Waals surface area contributed by atoms with Gasteiger partial charge >= 0.3 is 5.69 Å². The second-order valence-corrected chi connectivity index (χ2v) is 5.90. The molecule has 0 saturated carbocycles. The van der Waals surface area contributed by atoms with Gasteiger partial charge in [0, 0.05) is 19.2 Å². The average molecular weight is 326 g/mol. The van der Waals surface area contributed by atoms with E-state index in [4.69, 9.17) is 4.74 Å². The summed E-state index contributed by atoms with van der Waals surface area (Å²) < 4.78 is 33.2. The van der Waals surface area contributed by atoms with Crippen LogP contribution in [0.4, 0.5) is 11.4 Å². The van der Waals surface area contributed by atoms with Gasteiger partial charge in [-0.3, -0.25) is 19.5 Å². The Labute approximate surface area is 126 Å². The standard InChI is InChI=1S/C12H14N4O5S/c1-3-21-11-8-9(4-5-10(11)16(17)18)14-22(19,20)12-6-7-13-15(12)2/h4-8,14H,3H2,1-2H3. The fraction of sp³-hybridized carbons (Fsp3) is 0.250. The number of rotatable bonds is 6. The predicted molar refractivity (Wildman–Crippen MR) is 78.3 cm³/mol. The molecule has 0 aliphatic carbocycles. The summed E-state index contributed by atoms with van der Waals surface area (Å²) in [5.74, 6) is -0.00212. The molecular weight excluding hydrogens is 312 g/mol. The van der Waals surface area contributed by atoms with Crippen LogP contribution in [0.2, 0.25) is 0 Å². The zero-order valence-corrected chi connectivity index (χ0v) is 12.7. The number of anilines is 1. The van der Waals surface area contributed by atoms with Gasteiger partial charge in [-0.1, -0.05) is 0 Å². The van der Waals surface area contributed by atoms with Crippen LogP contribution in [0, 0.1) is 10.1 Å². The Morgan fingerprint density at radius 2 is 2.14 bits per heavy atom. The Morgan fingerprint density at radius 3 is 2.68 bits per heavy atom. The van der Waals surface area contributed by atoms with E-state index in [1.54, 1.807) is 6.92 Å². The van der Waals surface area contributed by atoms with E-state index in [-0.39, 0.29) is 28.8 Å². The van der Waals surface area contributed by atoms with E-state index in [1.807, 2.05) is 0 Å². The highest BCUT2D eigenvalue weighted by molar-refractivity contribution is 7.92. The Bertz CT molecular complexity index is 800. The number of hydrogen-bond acceptors (Lipinski definition) is 6. The number of sulfonamides is 1. The molecule has 10 heteroatoms. The minimum atomic E-state index is -3.84. The number of nitro benzene ring substituents is 1. The molecule has 2 aromatic rings. The van der Waals surface area contributed by atoms with E-state index >= 15 is 0 Å². The molecule has 1 heterocycles. The van der Waals surface area contributed by atoms with Crippen LogP contribution in [0.1, 0.15) is 6.92 Å². The lowest BCUT2D eigenvalue weighted by atomic mass is 10.2. The molecular formula is C12H14N4O5S. The first-order chi connectivity index (χ1) is 10.3. The third kappa shape index (κ3) is 3.17. The highest BCUT2D eigenvalue weighted by Gasteiger charge is 2.21. The highest BCUT2D eigenvalue weighted by atomic mass is 32.2. The highest BCUT2D eigenvalue weighted by Crippen LogP contribution is 2.31. The molecule has 0 aliphatic heterocycles. The van der Waals surface area contributed by atoms with E-state index < -0.39 is 14.9 Å². The summed E-state index contributed by atoms with van der Waals surface area (Å²) in [5.41, 5.74) is -0.0689. The molecule has 0 fully saturated rings. The Balaban J connectivity index is 2.36. The number of aryl methyl sites for hydroxylation is 1. The molecule has 9 nitrogen and oxygen atoms in total. The van der Waals surface area contributed by atoms with Gasteiger partial charge in [-0.25, -0.2) is 0 Å². The molecule has 0 spiro atoms. The fourth-order valence-corrected chi connectivity index (χ4v) is 3.01. The monoisotopic (exact) mass is 326 g/mol. The van der Waals surface area contributed by atoms with Crippen molar-refractivity contribution in [2.75, 3.05) is 11.3 Å². The van der Waals surface area contributed by atoms with Crippen molar-refractivity contribution in [1.29, 1.82) is 0 Å². The van der Waals surface area contributed by atoms with Gasteiger partial charge in [0.05, 0.1) is 23.4 Å². The van der Waals surface area contributed by atoms with Crippen LogP contribution >= 0.6 is 0 Å². The molecule has 0 unspecified atom stereocenters. The van der Waals surface area contributed by atoms with Crippen LogP contribution in [0.5, 0.6) is 5.75 Å². The van der Waals surface area contributed by atoms with Gasteiger partial charge in [0.2, 0.25) is 0 Å². The minimum absolute atomic E-state index is 0.00212. The SMILES string of the molecule is CCOc1cc(NS(=O)(=O)c2ccnn2C)ccc1[N+](=O)[O-]. The molecule has 22 heavy (non-hydrogen) atoms. The van der Waals surface area contributed by atoms with E-state index in [9.17, 15) is 18.5 Å². The molecule has 0 amide bonds. The van der Waals surface area contributed by atoms with E-state index in [0.29, 0.717) is 0 Å². The van der Waals surface area contributed by atoms with Crippen LogP contribution < -0.4 is 9.46 Å². The number of nitrogens with zero attached hydrogens (tertiary/aromatic N) is 3. The molecule has 1 aromatic heterocycles. The molecule has 0 bridgehead atoms. The summed E-state index contributed by atoms with van der Waals surface area (Å²) in [6.45, 7) is 1.90. The largest absolute Gasteiger partial charge is 0.487 e. The molecule has 0 saturated heterocycles. The van der Waals surface area contributed by atoms with Gasteiger partial charge in [-0.2, -0.15) is 13.5 Å². The molecule has 1 aromatic carbocycles. The first-order valence-electron chi connectivity index (χ1n) is 6.27. The van der Waals surface area contributed by atoms with Crippen molar-refractivity contribution in [3.63, 3.8) is 0 Å². The quantitative estimate of drug-likeness (QED) is 0.635. The summed E-state index contributed by atoms with van der Waals surface area (Å²) in [6, 6.07) is 5.10. The lowest BCUT2D eigenvalue weighted by Gasteiger charge is -2.10. The summed E-state index contributed by atoms with van der Waals surface area (Å²) >= 11 is 0. The molecule has 1 N–H and O–H groups in total. The molecule has 2 rings (SSSR count). The van der Waals surface area contributed by atoms with E-state index in [1.165, 1.54) is 42.2 Å². The average Bonchev–Trinajstić information content (AvgIpc) is 2.85. The Kier molecular flexibility index (Phi) is 4.31.